The number of phenolic OH excluding ortho intramolecular Hbond substituents is 1. The predicted octanol–water partition coefficient (Wildman–Crippen LogP) is 3.39. The summed E-state index contributed by atoms with van der Waals surface area (Å²) in [5.41, 5.74) is 4.13. The van der Waals surface area contributed by atoms with Crippen LogP contribution >= 0.6 is 0 Å². The second-order valence-corrected chi connectivity index (χ2v) is 5.55. The molecule has 1 rings (SSSR count). The molecule has 0 aromatic heterocycles. The Kier molecular flexibility index (Phi) is 7.83. The fraction of sp³-hybridized carbons (Fsp3) is 0.588. The molecule has 0 saturated heterocycles. The van der Waals surface area contributed by atoms with Crippen LogP contribution in [0.1, 0.15) is 69.4 Å². The molecule has 4 nitrogen and oxygen atoms in total. The second kappa shape index (κ2) is 9.40. The third-order valence-electron chi connectivity index (χ3n) is 3.86. The van der Waals surface area contributed by atoms with Gasteiger partial charge in [-0.05, 0) is 36.5 Å². The zero-order valence-electron chi connectivity index (χ0n) is 13.2. The van der Waals surface area contributed by atoms with E-state index in [0.717, 1.165) is 56.1 Å². The number of hydrazine groups is 1. The Hall–Kier alpha value is -1.55. The first-order valence-corrected chi connectivity index (χ1v) is 7.96. The van der Waals surface area contributed by atoms with Crippen molar-refractivity contribution in [2.45, 2.75) is 64.7 Å². The number of amides is 1. The van der Waals surface area contributed by atoms with Crippen molar-refractivity contribution in [1.82, 2.24) is 5.43 Å². The summed E-state index contributed by atoms with van der Waals surface area (Å²) < 4.78 is 0. The summed E-state index contributed by atoms with van der Waals surface area (Å²) >= 11 is 0. The van der Waals surface area contributed by atoms with E-state index < -0.39 is 0 Å². The number of hydrogen-bond acceptors (Lipinski definition) is 3. The third-order valence-corrected chi connectivity index (χ3v) is 3.86. The molecule has 0 saturated carbocycles. The van der Waals surface area contributed by atoms with Gasteiger partial charge >= 0.3 is 0 Å². The smallest absolute Gasteiger partial charge is 0.241 e. The van der Waals surface area contributed by atoms with Crippen molar-refractivity contribution < 1.29 is 9.90 Å². The number of unbranched alkanes of at least 4 members (excludes halogenated alkanes) is 3. The Morgan fingerprint density at radius 2 is 1.95 bits per heavy atom. The van der Waals surface area contributed by atoms with Crippen LogP contribution in [0.5, 0.6) is 5.75 Å². The molecule has 0 spiro atoms. The molecular weight excluding hydrogens is 264 g/mol. The van der Waals surface area contributed by atoms with E-state index in [1.807, 2.05) is 12.1 Å². The third kappa shape index (κ3) is 5.38. The van der Waals surface area contributed by atoms with Gasteiger partial charge in [-0.3, -0.25) is 10.2 Å². The van der Waals surface area contributed by atoms with Crippen LogP contribution in [0.4, 0.5) is 0 Å². The van der Waals surface area contributed by atoms with Gasteiger partial charge in [-0.25, -0.2) is 5.84 Å². The highest BCUT2D eigenvalue weighted by Gasteiger charge is 2.20. The van der Waals surface area contributed by atoms with E-state index in [0.29, 0.717) is 5.75 Å². The molecule has 1 amide bonds. The standard InChI is InChI=1S/C17H28N2O2/c1-3-5-7-9-15(17(21)19-18)13-10-11-16(20)14(12-13)8-6-4-2/h10-12,15,20H,3-9,18H2,1-2H3,(H,19,21). The topological polar surface area (TPSA) is 75.4 Å². The van der Waals surface area contributed by atoms with E-state index in [-0.39, 0.29) is 11.8 Å². The zero-order chi connectivity index (χ0) is 15.7. The number of nitrogens with two attached hydrogens (primary N) is 1. The first-order valence-electron chi connectivity index (χ1n) is 7.96. The lowest BCUT2D eigenvalue weighted by Crippen LogP contribution is -2.34. The van der Waals surface area contributed by atoms with Crippen LogP contribution < -0.4 is 11.3 Å². The second-order valence-electron chi connectivity index (χ2n) is 5.55. The molecule has 21 heavy (non-hydrogen) atoms. The number of nitrogens with one attached hydrogen (secondary N) is 1. The predicted molar refractivity (Wildman–Crippen MR) is 85.9 cm³/mol. The van der Waals surface area contributed by atoms with Gasteiger partial charge in [-0.15, -0.1) is 0 Å². The molecule has 0 fully saturated rings. The van der Waals surface area contributed by atoms with Gasteiger partial charge in [0.2, 0.25) is 5.91 Å². The first kappa shape index (κ1) is 17.5. The van der Waals surface area contributed by atoms with Crippen LogP contribution in [0.3, 0.4) is 0 Å². The molecule has 1 unspecified atom stereocenters. The average Bonchev–Trinajstić information content (AvgIpc) is 2.50. The number of carbonyl (C=O) groups excluding carboxylic acids is 1. The van der Waals surface area contributed by atoms with E-state index >= 15 is 0 Å². The van der Waals surface area contributed by atoms with Gasteiger partial charge < -0.3 is 5.11 Å². The zero-order valence-corrected chi connectivity index (χ0v) is 13.2. The monoisotopic (exact) mass is 292 g/mol. The summed E-state index contributed by atoms with van der Waals surface area (Å²) in [5.74, 6) is 5.24. The average molecular weight is 292 g/mol. The van der Waals surface area contributed by atoms with Crippen LogP contribution in [0, 0.1) is 0 Å². The van der Waals surface area contributed by atoms with Crippen molar-refractivity contribution in [3.05, 3.63) is 29.3 Å². The van der Waals surface area contributed by atoms with Crippen molar-refractivity contribution in [3.8, 4) is 5.75 Å². The van der Waals surface area contributed by atoms with Crippen LogP contribution in [0.2, 0.25) is 0 Å². The maximum Gasteiger partial charge on any atom is 0.241 e. The summed E-state index contributed by atoms with van der Waals surface area (Å²) in [6.07, 6.45) is 6.95. The molecule has 118 valence electrons. The van der Waals surface area contributed by atoms with Crippen molar-refractivity contribution in [3.63, 3.8) is 0 Å². The van der Waals surface area contributed by atoms with E-state index in [1.165, 1.54) is 0 Å². The van der Waals surface area contributed by atoms with Crippen molar-refractivity contribution in [2.24, 2.45) is 5.84 Å². The number of aryl methyl sites for hydroxylation is 1. The normalized spacial score (nSPS) is 12.1. The van der Waals surface area contributed by atoms with E-state index in [2.05, 4.69) is 19.3 Å². The fourth-order valence-electron chi connectivity index (χ4n) is 2.54. The number of phenols is 1. The van der Waals surface area contributed by atoms with Crippen molar-refractivity contribution in [1.29, 1.82) is 0 Å². The van der Waals surface area contributed by atoms with Gasteiger partial charge in [0.15, 0.2) is 0 Å². The van der Waals surface area contributed by atoms with Crippen LogP contribution in [0.15, 0.2) is 18.2 Å². The molecule has 1 aromatic rings. The lowest BCUT2D eigenvalue weighted by atomic mass is 9.90. The number of aromatic hydroxyl groups is 1. The Labute approximate surface area is 127 Å². The molecule has 0 aliphatic carbocycles. The Balaban J connectivity index is 2.92. The minimum atomic E-state index is -0.234. The van der Waals surface area contributed by atoms with E-state index in [9.17, 15) is 9.90 Å². The Morgan fingerprint density at radius 1 is 1.24 bits per heavy atom. The molecule has 4 N–H and O–H groups in total. The Bertz CT molecular complexity index is 446. The van der Waals surface area contributed by atoms with Gasteiger partial charge in [0, 0.05) is 0 Å². The summed E-state index contributed by atoms with van der Waals surface area (Å²) in [4.78, 5) is 12.0. The lowest BCUT2D eigenvalue weighted by Gasteiger charge is -2.17. The van der Waals surface area contributed by atoms with Crippen LogP contribution in [-0.4, -0.2) is 11.0 Å². The van der Waals surface area contributed by atoms with Crippen molar-refractivity contribution >= 4 is 5.91 Å². The molecule has 1 atom stereocenters. The van der Waals surface area contributed by atoms with Gasteiger partial charge in [-0.2, -0.15) is 0 Å². The SMILES string of the molecule is CCCCCC(C(=O)NN)c1ccc(O)c(CCCC)c1. The number of carbonyl (C=O) groups is 1. The van der Waals surface area contributed by atoms with Crippen molar-refractivity contribution in [2.75, 3.05) is 0 Å². The summed E-state index contributed by atoms with van der Waals surface area (Å²) in [6.45, 7) is 4.26. The molecule has 4 heteroatoms. The number of rotatable bonds is 9. The maximum absolute atomic E-state index is 12.0. The molecule has 0 heterocycles. The first-order chi connectivity index (χ1) is 10.1. The van der Waals surface area contributed by atoms with Crippen LogP contribution in [0.25, 0.3) is 0 Å². The molecular formula is C17H28N2O2. The molecule has 0 aliphatic heterocycles. The van der Waals surface area contributed by atoms with E-state index in [1.54, 1.807) is 6.07 Å². The highest BCUT2D eigenvalue weighted by molar-refractivity contribution is 5.83. The van der Waals surface area contributed by atoms with Crippen LogP contribution in [-0.2, 0) is 11.2 Å². The largest absolute Gasteiger partial charge is 0.508 e. The lowest BCUT2D eigenvalue weighted by molar-refractivity contribution is -0.122. The number of hydrogen-bond donors (Lipinski definition) is 3. The Morgan fingerprint density at radius 3 is 2.57 bits per heavy atom. The molecule has 0 aliphatic rings. The highest BCUT2D eigenvalue weighted by Crippen LogP contribution is 2.28. The summed E-state index contributed by atoms with van der Waals surface area (Å²) in [6, 6.07) is 5.48. The maximum atomic E-state index is 12.0. The van der Waals surface area contributed by atoms with Gasteiger partial charge in [-0.1, -0.05) is 51.7 Å². The summed E-state index contributed by atoms with van der Waals surface area (Å²) in [5, 5.41) is 9.93. The molecule has 1 aromatic carbocycles. The van der Waals surface area contributed by atoms with E-state index in [4.69, 9.17) is 5.84 Å². The highest BCUT2D eigenvalue weighted by atomic mass is 16.3. The van der Waals surface area contributed by atoms with Gasteiger partial charge in [0.1, 0.15) is 5.75 Å². The quantitative estimate of drug-likeness (QED) is 0.283. The number of benzene rings is 1. The van der Waals surface area contributed by atoms with Gasteiger partial charge in [0.05, 0.1) is 5.92 Å². The molecule has 0 radical (unpaired) electrons. The minimum absolute atomic E-state index is 0.154. The molecule has 0 bridgehead atoms. The van der Waals surface area contributed by atoms with Gasteiger partial charge in [0.25, 0.3) is 0 Å². The minimum Gasteiger partial charge on any atom is -0.508 e. The summed E-state index contributed by atoms with van der Waals surface area (Å²) in [7, 11) is 0. The fourth-order valence-corrected chi connectivity index (χ4v) is 2.54.